The first-order valence-electron chi connectivity index (χ1n) is 9.42. The number of benzene rings is 3. The fraction of sp³-hybridized carbons (Fsp3) is 0.130. The molecular formula is C23H22N4O2. The Morgan fingerprint density at radius 2 is 1.83 bits per heavy atom. The van der Waals surface area contributed by atoms with Crippen LogP contribution in [0, 0.1) is 5.41 Å². The van der Waals surface area contributed by atoms with Crippen LogP contribution in [0.5, 0.6) is 0 Å². The van der Waals surface area contributed by atoms with Gasteiger partial charge in [-0.3, -0.25) is 10.2 Å². The van der Waals surface area contributed by atoms with Crippen molar-refractivity contribution in [3.8, 4) is 0 Å². The van der Waals surface area contributed by atoms with Gasteiger partial charge >= 0.3 is 0 Å². The Hall–Kier alpha value is -3.64. The molecule has 29 heavy (non-hydrogen) atoms. The Bertz CT molecular complexity index is 1220. The first kappa shape index (κ1) is 18.7. The molecule has 0 aliphatic rings. The number of carbonyl (C=O) groups is 1. The molecular weight excluding hydrogens is 364 g/mol. The number of carbonyl (C=O) groups excluding carboxylic acids is 1. The molecule has 5 N–H and O–H groups in total. The quantitative estimate of drug-likeness (QED) is 0.302. The molecule has 1 heterocycles. The number of rotatable bonds is 6. The molecule has 0 spiro atoms. The van der Waals surface area contributed by atoms with Crippen LogP contribution in [0.4, 0.5) is 0 Å². The number of aromatic nitrogens is 1. The number of aliphatic hydroxyl groups excluding tert-OH is 1. The largest absolute Gasteiger partial charge is 0.395 e. The van der Waals surface area contributed by atoms with Crippen LogP contribution in [-0.4, -0.2) is 34.6 Å². The van der Waals surface area contributed by atoms with Crippen LogP contribution in [-0.2, 0) is 6.54 Å². The first-order chi connectivity index (χ1) is 14.1. The van der Waals surface area contributed by atoms with Crippen LogP contribution >= 0.6 is 0 Å². The van der Waals surface area contributed by atoms with Crippen LogP contribution in [0.1, 0.15) is 21.6 Å². The second-order valence-corrected chi connectivity index (χ2v) is 6.92. The van der Waals surface area contributed by atoms with Crippen molar-refractivity contribution in [2.75, 3.05) is 13.2 Å². The number of hydrogen-bond acceptors (Lipinski definition) is 3. The van der Waals surface area contributed by atoms with Gasteiger partial charge in [-0.1, -0.05) is 54.6 Å². The van der Waals surface area contributed by atoms with Crippen LogP contribution in [0.3, 0.4) is 0 Å². The van der Waals surface area contributed by atoms with E-state index >= 15 is 0 Å². The van der Waals surface area contributed by atoms with Gasteiger partial charge in [-0.15, -0.1) is 0 Å². The molecule has 0 aliphatic carbocycles. The predicted octanol–water partition coefficient (Wildman–Crippen LogP) is 2.85. The van der Waals surface area contributed by atoms with E-state index in [1.165, 1.54) is 0 Å². The number of amides is 1. The Kier molecular flexibility index (Phi) is 5.01. The van der Waals surface area contributed by atoms with Crippen molar-refractivity contribution >= 4 is 33.4 Å². The van der Waals surface area contributed by atoms with Gasteiger partial charge in [-0.05, 0) is 28.5 Å². The lowest BCUT2D eigenvalue weighted by atomic mass is 10.0. The molecule has 0 radical (unpaired) electrons. The minimum Gasteiger partial charge on any atom is -0.395 e. The third-order valence-corrected chi connectivity index (χ3v) is 5.05. The maximum Gasteiger partial charge on any atom is 0.268 e. The van der Waals surface area contributed by atoms with Gasteiger partial charge < -0.3 is 20.7 Å². The van der Waals surface area contributed by atoms with Crippen molar-refractivity contribution in [2.45, 2.75) is 6.54 Å². The highest BCUT2D eigenvalue weighted by molar-refractivity contribution is 6.02. The van der Waals surface area contributed by atoms with Crippen molar-refractivity contribution in [1.82, 2.24) is 9.88 Å². The van der Waals surface area contributed by atoms with Gasteiger partial charge in [0.05, 0.1) is 6.61 Å². The number of nitrogen functional groups attached to an aromatic ring is 1. The SMILES string of the molecule is N=C(N)c1ccc2cc(C(=O)NCCO)n(Cc3cccc4ccccc34)c2c1. The second kappa shape index (κ2) is 7.77. The van der Waals surface area contributed by atoms with Gasteiger partial charge in [-0.2, -0.15) is 0 Å². The van der Waals surface area contributed by atoms with E-state index in [1.807, 2.05) is 41.0 Å². The zero-order valence-corrected chi connectivity index (χ0v) is 15.9. The molecule has 0 unspecified atom stereocenters. The van der Waals surface area contributed by atoms with Crippen molar-refractivity contribution in [1.29, 1.82) is 5.41 Å². The van der Waals surface area contributed by atoms with Gasteiger partial charge in [0.2, 0.25) is 0 Å². The molecule has 1 aromatic heterocycles. The molecule has 0 bridgehead atoms. The molecule has 6 nitrogen and oxygen atoms in total. The third-order valence-electron chi connectivity index (χ3n) is 5.05. The summed E-state index contributed by atoms with van der Waals surface area (Å²) in [6, 6.07) is 21.6. The van der Waals surface area contributed by atoms with Gasteiger partial charge in [0.15, 0.2) is 0 Å². The van der Waals surface area contributed by atoms with Crippen LogP contribution < -0.4 is 11.1 Å². The van der Waals surface area contributed by atoms with Gasteiger partial charge in [-0.25, -0.2) is 0 Å². The Balaban J connectivity index is 1.88. The lowest BCUT2D eigenvalue weighted by Crippen LogP contribution is -2.28. The lowest BCUT2D eigenvalue weighted by Gasteiger charge is -2.13. The van der Waals surface area contributed by atoms with Crippen LogP contribution in [0.15, 0.2) is 66.7 Å². The third kappa shape index (κ3) is 3.58. The molecule has 0 atom stereocenters. The highest BCUT2D eigenvalue weighted by Crippen LogP contribution is 2.26. The topological polar surface area (TPSA) is 104 Å². The molecule has 0 fully saturated rings. The summed E-state index contributed by atoms with van der Waals surface area (Å²) in [5, 5.41) is 22.7. The fourth-order valence-electron chi connectivity index (χ4n) is 3.64. The Labute approximate surface area is 168 Å². The maximum atomic E-state index is 12.8. The molecule has 0 saturated carbocycles. The molecule has 3 aromatic carbocycles. The molecule has 4 aromatic rings. The molecule has 0 aliphatic heterocycles. The van der Waals surface area contributed by atoms with E-state index in [-0.39, 0.29) is 24.9 Å². The van der Waals surface area contributed by atoms with Crippen molar-refractivity contribution < 1.29 is 9.90 Å². The summed E-state index contributed by atoms with van der Waals surface area (Å²) in [7, 11) is 0. The average Bonchev–Trinajstić information content (AvgIpc) is 3.10. The second-order valence-electron chi connectivity index (χ2n) is 6.92. The zero-order valence-electron chi connectivity index (χ0n) is 15.9. The predicted molar refractivity (Wildman–Crippen MR) is 115 cm³/mol. The molecule has 146 valence electrons. The standard InChI is InChI=1S/C23H22N4O2/c24-22(25)17-9-8-16-12-21(23(29)26-10-11-28)27(20(16)13-17)14-18-6-3-5-15-4-1-2-7-19(15)18/h1-9,12-13,28H,10-11,14H2,(H3,24,25)(H,26,29). The highest BCUT2D eigenvalue weighted by atomic mass is 16.3. The zero-order chi connectivity index (χ0) is 20.4. The van der Waals surface area contributed by atoms with E-state index in [0.717, 1.165) is 27.2 Å². The molecule has 0 saturated heterocycles. The van der Waals surface area contributed by atoms with E-state index in [2.05, 4.69) is 29.6 Å². The minimum absolute atomic E-state index is 0.0175. The summed E-state index contributed by atoms with van der Waals surface area (Å²) in [4.78, 5) is 12.8. The fourth-order valence-corrected chi connectivity index (χ4v) is 3.64. The summed E-state index contributed by atoms with van der Waals surface area (Å²) in [5.41, 5.74) is 8.71. The summed E-state index contributed by atoms with van der Waals surface area (Å²) in [6.45, 7) is 0.561. The van der Waals surface area contributed by atoms with Crippen LogP contribution in [0.25, 0.3) is 21.7 Å². The number of amidine groups is 1. The monoisotopic (exact) mass is 386 g/mol. The van der Waals surface area contributed by atoms with Gasteiger partial charge in [0.1, 0.15) is 11.5 Å². The summed E-state index contributed by atoms with van der Waals surface area (Å²) >= 11 is 0. The molecule has 4 rings (SSSR count). The molecule has 1 amide bonds. The van der Waals surface area contributed by atoms with Crippen molar-refractivity contribution in [3.05, 3.63) is 83.6 Å². The van der Waals surface area contributed by atoms with E-state index in [4.69, 9.17) is 16.2 Å². The van der Waals surface area contributed by atoms with Crippen molar-refractivity contribution in [2.24, 2.45) is 5.73 Å². The summed E-state index contributed by atoms with van der Waals surface area (Å²) < 4.78 is 1.94. The van der Waals surface area contributed by atoms with Gasteiger partial charge in [0.25, 0.3) is 5.91 Å². The number of aliphatic hydroxyl groups is 1. The van der Waals surface area contributed by atoms with E-state index in [1.54, 1.807) is 6.07 Å². The number of nitrogens with two attached hydrogens (primary N) is 1. The van der Waals surface area contributed by atoms with Gasteiger partial charge in [0, 0.05) is 29.6 Å². The Morgan fingerprint density at radius 3 is 2.62 bits per heavy atom. The average molecular weight is 386 g/mol. The maximum absolute atomic E-state index is 12.8. The van der Waals surface area contributed by atoms with Crippen LogP contribution in [0.2, 0.25) is 0 Å². The highest BCUT2D eigenvalue weighted by Gasteiger charge is 2.17. The normalized spacial score (nSPS) is 11.1. The number of nitrogens with zero attached hydrogens (tertiary/aromatic N) is 1. The van der Waals surface area contributed by atoms with E-state index in [9.17, 15) is 4.79 Å². The molecule has 6 heteroatoms. The Morgan fingerprint density at radius 1 is 1.03 bits per heavy atom. The lowest BCUT2D eigenvalue weighted by molar-refractivity contribution is 0.0936. The summed E-state index contributed by atoms with van der Waals surface area (Å²) in [5.74, 6) is -0.268. The van der Waals surface area contributed by atoms with E-state index < -0.39 is 0 Å². The number of fused-ring (bicyclic) bond motifs is 2. The van der Waals surface area contributed by atoms with Crippen molar-refractivity contribution in [3.63, 3.8) is 0 Å². The number of hydrogen-bond donors (Lipinski definition) is 4. The van der Waals surface area contributed by atoms with E-state index in [0.29, 0.717) is 17.8 Å². The summed E-state index contributed by atoms with van der Waals surface area (Å²) in [6.07, 6.45) is 0. The first-order valence-corrected chi connectivity index (χ1v) is 9.42. The minimum atomic E-state index is -0.250. The number of nitrogens with one attached hydrogen (secondary N) is 2. The smallest absolute Gasteiger partial charge is 0.268 e.